The molecule has 1 heterocycles. The highest BCUT2D eigenvalue weighted by Gasteiger charge is 2.38. The predicted octanol–water partition coefficient (Wildman–Crippen LogP) is 3.92. The first kappa shape index (κ1) is 24.3. The summed E-state index contributed by atoms with van der Waals surface area (Å²) in [6, 6.07) is 7.84. The molecule has 1 saturated heterocycles. The van der Waals surface area contributed by atoms with E-state index in [9.17, 15) is 4.79 Å². The maximum atomic E-state index is 11.8. The third-order valence-electron chi connectivity index (χ3n) is 5.73. The topological polar surface area (TPSA) is 56.7 Å². The average molecular weight is 531 g/mol. The van der Waals surface area contributed by atoms with Gasteiger partial charge in [-0.15, -0.1) is 24.0 Å². The first-order valence-corrected chi connectivity index (χ1v) is 11.6. The van der Waals surface area contributed by atoms with Crippen LogP contribution in [0.3, 0.4) is 0 Å². The standard InChI is InChI=1S/C22H34N4OS.HI/c1-3-24-21(26-14-15-28-22(17-26)11-5-4-6-12-22)25-13-10-18-8-7-9-19(16-18)20(27)23-2;/h7-9,16H,3-6,10-15,17H2,1-2H3,(H,23,27)(H,24,25);1H. The molecular weight excluding hydrogens is 495 g/mol. The Bertz CT molecular complexity index is 686. The van der Waals surface area contributed by atoms with E-state index in [1.54, 1.807) is 7.05 Å². The number of hydrogen-bond donors (Lipinski definition) is 2. The van der Waals surface area contributed by atoms with Crippen LogP contribution in [0.2, 0.25) is 0 Å². The number of carbonyl (C=O) groups excluding carboxylic acids is 1. The fraction of sp³-hybridized carbons (Fsp3) is 0.636. The smallest absolute Gasteiger partial charge is 0.251 e. The summed E-state index contributed by atoms with van der Waals surface area (Å²) in [7, 11) is 1.66. The zero-order valence-corrected chi connectivity index (χ0v) is 20.9. The zero-order chi connectivity index (χ0) is 19.8. The molecule has 0 bridgehead atoms. The Labute approximate surface area is 196 Å². The molecule has 0 atom stereocenters. The molecule has 1 aromatic rings. The molecule has 1 spiro atoms. The van der Waals surface area contributed by atoms with Crippen LogP contribution in [-0.4, -0.2) is 60.5 Å². The van der Waals surface area contributed by atoms with Crippen LogP contribution in [0.25, 0.3) is 0 Å². The summed E-state index contributed by atoms with van der Waals surface area (Å²) in [5.41, 5.74) is 1.86. The number of aliphatic imine (C=N–C) groups is 1. The maximum Gasteiger partial charge on any atom is 0.251 e. The summed E-state index contributed by atoms with van der Waals surface area (Å²) in [4.78, 5) is 19.2. The monoisotopic (exact) mass is 530 g/mol. The molecule has 0 radical (unpaired) electrons. The molecule has 1 aliphatic heterocycles. The average Bonchev–Trinajstić information content (AvgIpc) is 2.73. The molecule has 1 saturated carbocycles. The van der Waals surface area contributed by atoms with Crippen molar-refractivity contribution < 1.29 is 4.79 Å². The van der Waals surface area contributed by atoms with Crippen LogP contribution in [0.5, 0.6) is 0 Å². The summed E-state index contributed by atoms with van der Waals surface area (Å²) in [6.45, 7) is 5.95. The van der Waals surface area contributed by atoms with Crippen LogP contribution in [0.15, 0.2) is 29.3 Å². The van der Waals surface area contributed by atoms with Gasteiger partial charge in [0, 0.05) is 49.3 Å². The Morgan fingerprint density at radius 2 is 2.07 bits per heavy atom. The number of nitrogens with zero attached hydrogens (tertiary/aromatic N) is 2. The lowest BCUT2D eigenvalue weighted by Gasteiger charge is -2.45. The molecule has 7 heteroatoms. The Balaban J connectivity index is 0.00000300. The zero-order valence-electron chi connectivity index (χ0n) is 17.7. The van der Waals surface area contributed by atoms with Gasteiger partial charge in [0.05, 0.1) is 0 Å². The molecule has 2 fully saturated rings. The number of benzene rings is 1. The Hall–Kier alpha value is -0.960. The molecule has 2 aliphatic rings. The van der Waals surface area contributed by atoms with Gasteiger partial charge in [0.1, 0.15) is 0 Å². The normalized spacial score (nSPS) is 18.8. The van der Waals surface area contributed by atoms with E-state index in [1.807, 2.05) is 18.2 Å². The van der Waals surface area contributed by atoms with E-state index in [1.165, 1.54) is 37.9 Å². The predicted molar refractivity (Wildman–Crippen MR) is 135 cm³/mol. The lowest BCUT2D eigenvalue weighted by molar-refractivity contribution is 0.0963. The molecule has 29 heavy (non-hydrogen) atoms. The largest absolute Gasteiger partial charge is 0.357 e. The highest BCUT2D eigenvalue weighted by atomic mass is 127. The minimum Gasteiger partial charge on any atom is -0.357 e. The van der Waals surface area contributed by atoms with Gasteiger partial charge in [0.25, 0.3) is 5.91 Å². The number of carbonyl (C=O) groups is 1. The number of halogens is 1. The highest BCUT2D eigenvalue weighted by molar-refractivity contribution is 14.0. The molecule has 5 nitrogen and oxygen atoms in total. The summed E-state index contributed by atoms with van der Waals surface area (Å²) >= 11 is 2.19. The third-order valence-corrected chi connectivity index (χ3v) is 7.26. The van der Waals surface area contributed by atoms with Crippen molar-refractivity contribution >= 4 is 47.6 Å². The van der Waals surface area contributed by atoms with Crippen LogP contribution >= 0.6 is 35.7 Å². The summed E-state index contributed by atoms with van der Waals surface area (Å²) in [5.74, 6) is 2.20. The Morgan fingerprint density at radius 1 is 1.28 bits per heavy atom. The first-order valence-electron chi connectivity index (χ1n) is 10.6. The van der Waals surface area contributed by atoms with Crippen LogP contribution in [0, 0.1) is 0 Å². The lowest BCUT2D eigenvalue weighted by atomic mass is 9.87. The maximum absolute atomic E-state index is 11.8. The van der Waals surface area contributed by atoms with E-state index < -0.39 is 0 Å². The van der Waals surface area contributed by atoms with Gasteiger partial charge < -0.3 is 15.5 Å². The van der Waals surface area contributed by atoms with Crippen molar-refractivity contribution in [3.05, 3.63) is 35.4 Å². The summed E-state index contributed by atoms with van der Waals surface area (Å²) < 4.78 is 0.439. The van der Waals surface area contributed by atoms with Crippen molar-refractivity contribution in [2.75, 3.05) is 39.0 Å². The van der Waals surface area contributed by atoms with E-state index in [0.717, 1.165) is 44.1 Å². The van der Waals surface area contributed by atoms with Crippen molar-refractivity contribution in [1.82, 2.24) is 15.5 Å². The minimum atomic E-state index is -0.0395. The molecule has 162 valence electrons. The third kappa shape index (κ3) is 6.77. The quantitative estimate of drug-likeness (QED) is 0.344. The van der Waals surface area contributed by atoms with Crippen LogP contribution in [0.4, 0.5) is 0 Å². The molecule has 0 unspecified atom stereocenters. The number of nitrogens with one attached hydrogen (secondary N) is 2. The molecule has 3 rings (SSSR count). The van der Waals surface area contributed by atoms with Gasteiger partial charge in [-0.25, -0.2) is 0 Å². The molecule has 0 aromatic heterocycles. The Morgan fingerprint density at radius 3 is 2.79 bits per heavy atom. The van der Waals surface area contributed by atoms with Crippen molar-refractivity contribution in [1.29, 1.82) is 0 Å². The van der Waals surface area contributed by atoms with Gasteiger partial charge in [0.15, 0.2) is 5.96 Å². The van der Waals surface area contributed by atoms with Gasteiger partial charge in [-0.3, -0.25) is 9.79 Å². The first-order chi connectivity index (χ1) is 13.7. The van der Waals surface area contributed by atoms with Gasteiger partial charge in [0.2, 0.25) is 0 Å². The lowest BCUT2D eigenvalue weighted by Crippen LogP contribution is -2.53. The second kappa shape index (κ2) is 12.0. The molecule has 1 amide bonds. The summed E-state index contributed by atoms with van der Waals surface area (Å²) in [6.07, 6.45) is 7.67. The number of guanidine groups is 1. The second-order valence-electron chi connectivity index (χ2n) is 7.78. The van der Waals surface area contributed by atoms with E-state index in [0.29, 0.717) is 10.3 Å². The van der Waals surface area contributed by atoms with Crippen LogP contribution < -0.4 is 10.6 Å². The fourth-order valence-corrected chi connectivity index (χ4v) is 5.82. The second-order valence-corrected chi connectivity index (χ2v) is 9.34. The van der Waals surface area contributed by atoms with Gasteiger partial charge in [-0.2, -0.15) is 11.8 Å². The number of rotatable bonds is 5. The van der Waals surface area contributed by atoms with Crippen LogP contribution in [0.1, 0.15) is 54.9 Å². The fourth-order valence-electron chi connectivity index (χ4n) is 4.25. The van der Waals surface area contributed by atoms with Gasteiger partial charge in [-0.05, 0) is 43.9 Å². The molecule has 2 N–H and O–H groups in total. The van der Waals surface area contributed by atoms with E-state index in [4.69, 9.17) is 4.99 Å². The SMILES string of the molecule is CCNC(=NCCc1cccc(C(=O)NC)c1)N1CCSC2(CCCCC2)C1.I. The van der Waals surface area contributed by atoms with E-state index in [-0.39, 0.29) is 29.9 Å². The number of amides is 1. The summed E-state index contributed by atoms with van der Waals surface area (Å²) in [5, 5.41) is 6.19. The molecule has 1 aromatic carbocycles. The van der Waals surface area contributed by atoms with Crippen molar-refractivity contribution in [2.45, 2.75) is 50.2 Å². The highest BCUT2D eigenvalue weighted by Crippen LogP contribution is 2.42. The number of thioether (sulfide) groups is 1. The van der Waals surface area contributed by atoms with Gasteiger partial charge in [-0.1, -0.05) is 31.4 Å². The van der Waals surface area contributed by atoms with Crippen LogP contribution in [-0.2, 0) is 6.42 Å². The van der Waals surface area contributed by atoms with Gasteiger partial charge >= 0.3 is 0 Å². The molecule has 1 aliphatic carbocycles. The van der Waals surface area contributed by atoms with Crippen molar-refractivity contribution in [3.8, 4) is 0 Å². The van der Waals surface area contributed by atoms with Crippen molar-refractivity contribution in [3.63, 3.8) is 0 Å². The van der Waals surface area contributed by atoms with E-state index >= 15 is 0 Å². The number of hydrogen-bond acceptors (Lipinski definition) is 3. The minimum absolute atomic E-state index is 0. The Kier molecular flexibility index (Phi) is 10.1. The van der Waals surface area contributed by atoms with Crippen molar-refractivity contribution in [2.24, 2.45) is 4.99 Å². The van der Waals surface area contributed by atoms with E-state index in [2.05, 4.69) is 40.3 Å². The molecular formula is C22H35IN4OS.